The molecule has 0 bridgehead atoms. The number of ether oxygens (including phenoxy) is 2. The molecule has 28 heavy (non-hydrogen) atoms. The highest BCUT2D eigenvalue weighted by atomic mass is 16.6. The van der Waals surface area contributed by atoms with Gasteiger partial charge < -0.3 is 9.47 Å². The summed E-state index contributed by atoms with van der Waals surface area (Å²) in [5, 5.41) is 12.0. The van der Waals surface area contributed by atoms with Crippen molar-refractivity contribution < 1.29 is 19.1 Å². The van der Waals surface area contributed by atoms with Crippen LogP contribution in [0.25, 0.3) is 11.0 Å². The Morgan fingerprint density at radius 1 is 1.21 bits per heavy atom. The second-order valence-electron chi connectivity index (χ2n) is 5.94. The molecule has 0 saturated carbocycles. The first-order valence-electron chi connectivity index (χ1n) is 8.49. The van der Waals surface area contributed by atoms with Crippen LogP contribution in [0.4, 0.5) is 0 Å². The van der Waals surface area contributed by atoms with Crippen LogP contribution in [-0.2, 0) is 9.59 Å². The lowest BCUT2D eigenvalue weighted by molar-refractivity contribution is -0.132. The zero-order valence-corrected chi connectivity index (χ0v) is 15.6. The smallest absolute Gasteiger partial charge is 0.308 e. The summed E-state index contributed by atoms with van der Waals surface area (Å²) in [7, 11) is 1.47. The number of fused-ring (bicyclic) bond motifs is 1. The number of benzene rings is 2. The molecule has 3 aromatic rings. The summed E-state index contributed by atoms with van der Waals surface area (Å²) >= 11 is 0. The Kier molecular flexibility index (Phi) is 5.64. The molecule has 0 radical (unpaired) electrons. The van der Waals surface area contributed by atoms with Crippen molar-refractivity contribution in [3.8, 4) is 11.5 Å². The summed E-state index contributed by atoms with van der Waals surface area (Å²) in [6, 6.07) is 11.7. The van der Waals surface area contributed by atoms with Crippen molar-refractivity contribution in [1.82, 2.24) is 20.4 Å². The number of nitrogens with one attached hydrogen (secondary N) is 1. The number of esters is 1. The molecule has 0 fully saturated rings. The third-order valence-corrected chi connectivity index (χ3v) is 3.95. The third kappa shape index (κ3) is 4.14. The summed E-state index contributed by atoms with van der Waals surface area (Å²) in [4.78, 5) is 23.5. The van der Waals surface area contributed by atoms with Gasteiger partial charge in [0.2, 0.25) is 0 Å². The van der Waals surface area contributed by atoms with Gasteiger partial charge in [0, 0.05) is 6.92 Å². The molecule has 3 rings (SSSR count). The van der Waals surface area contributed by atoms with E-state index in [4.69, 9.17) is 9.47 Å². The number of aromatic nitrogens is 3. The van der Waals surface area contributed by atoms with Crippen LogP contribution in [0.2, 0.25) is 0 Å². The zero-order chi connectivity index (χ0) is 20.1. The molecule has 1 N–H and O–H groups in total. The van der Waals surface area contributed by atoms with Crippen LogP contribution in [0, 0.1) is 0 Å². The topological polar surface area (TPSA) is 108 Å². The monoisotopic (exact) mass is 381 g/mol. The number of para-hydroxylation sites is 1. The number of amides is 1. The van der Waals surface area contributed by atoms with Gasteiger partial charge in [0.25, 0.3) is 5.91 Å². The van der Waals surface area contributed by atoms with Crippen molar-refractivity contribution in [1.29, 1.82) is 0 Å². The minimum absolute atomic E-state index is 0.308. The first-order chi connectivity index (χ1) is 13.5. The highest BCUT2D eigenvalue weighted by Crippen LogP contribution is 2.27. The lowest BCUT2D eigenvalue weighted by atomic mass is 10.2. The van der Waals surface area contributed by atoms with Crippen molar-refractivity contribution in [3.05, 3.63) is 48.0 Å². The quantitative estimate of drug-likeness (QED) is 0.303. The Morgan fingerprint density at radius 2 is 2.00 bits per heavy atom. The molecule has 0 spiro atoms. The van der Waals surface area contributed by atoms with E-state index < -0.39 is 12.0 Å². The number of hydrazone groups is 1. The summed E-state index contributed by atoms with van der Waals surface area (Å²) in [5.74, 6) is -0.0900. The second-order valence-corrected chi connectivity index (χ2v) is 5.94. The number of hydrogen-bond acceptors (Lipinski definition) is 7. The maximum atomic E-state index is 12.4. The number of hydrogen-bond donors (Lipinski definition) is 1. The summed E-state index contributed by atoms with van der Waals surface area (Å²) in [5.41, 5.74) is 4.62. The first-order valence-corrected chi connectivity index (χ1v) is 8.49. The van der Waals surface area contributed by atoms with E-state index in [9.17, 15) is 9.59 Å². The van der Waals surface area contributed by atoms with Crippen LogP contribution in [0.15, 0.2) is 47.6 Å². The zero-order valence-electron chi connectivity index (χ0n) is 15.6. The molecular formula is C19H19N5O4. The van der Waals surface area contributed by atoms with Crippen LogP contribution in [-0.4, -0.2) is 40.2 Å². The van der Waals surface area contributed by atoms with Crippen LogP contribution >= 0.6 is 0 Å². The van der Waals surface area contributed by atoms with Crippen molar-refractivity contribution in [2.24, 2.45) is 5.10 Å². The van der Waals surface area contributed by atoms with Gasteiger partial charge in [-0.25, -0.2) is 10.1 Å². The fourth-order valence-electron chi connectivity index (χ4n) is 2.55. The number of methoxy groups -OCH3 is 1. The Hall–Kier alpha value is -3.75. The van der Waals surface area contributed by atoms with E-state index in [1.807, 2.05) is 24.3 Å². The fraction of sp³-hybridized carbons (Fsp3) is 0.211. The van der Waals surface area contributed by atoms with E-state index in [1.165, 1.54) is 24.9 Å². The van der Waals surface area contributed by atoms with Gasteiger partial charge in [0.1, 0.15) is 11.6 Å². The molecule has 144 valence electrons. The highest BCUT2D eigenvalue weighted by molar-refractivity contribution is 5.86. The first kappa shape index (κ1) is 19.0. The SMILES string of the molecule is COc1cc(/C=N\NC(=O)[C@@H](C)n2nnc3ccccc32)ccc1OC(C)=O. The van der Waals surface area contributed by atoms with E-state index >= 15 is 0 Å². The van der Waals surface area contributed by atoms with Gasteiger partial charge in [-0.1, -0.05) is 17.3 Å². The van der Waals surface area contributed by atoms with Crippen molar-refractivity contribution in [2.75, 3.05) is 7.11 Å². The van der Waals surface area contributed by atoms with Crippen molar-refractivity contribution in [3.63, 3.8) is 0 Å². The Balaban J connectivity index is 1.68. The van der Waals surface area contributed by atoms with Gasteiger partial charge in [-0.05, 0) is 42.8 Å². The highest BCUT2D eigenvalue weighted by Gasteiger charge is 2.18. The van der Waals surface area contributed by atoms with E-state index in [1.54, 1.807) is 25.1 Å². The maximum absolute atomic E-state index is 12.4. The molecule has 2 aromatic carbocycles. The molecule has 0 aliphatic rings. The van der Waals surface area contributed by atoms with E-state index in [0.717, 1.165) is 5.52 Å². The molecule has 9 heteroatoms. The number of nitrogens with zero attached hydrogens (tertiary/aromatic N) is 4. The van der Waals surface area contributed by atoms with Gasteiger partial charge in [-0.2, -0.15) is 5.10 Å². The average Bonchev–Trinajstić information content (AvgIpc) is 3.12. The lowest BCUT2D eigenvalue weighted by Crippen LogP contribution is -2.28. The Morgan fingerprint density at radius 3 is 2.75 bits per heavy atom. The predicted octanol–water partition coefficient (Wildman–Crippen LogP) is 2.08. The molecule has 1 aromatic heterocycles. The molecular weight excluding hydrogens is 362 g/mol. The van der Waals surface area contributed by atoms with Crippen LogP contribution in [0.1, 0.15) is 25.5 Å². The van der Waals surface area contributed by atoms with Crippen LogP contribution < -0.4 is 14.9 Å². The van der Waals surface area contributed by atoms with Gasteiger partial charge in [-0.15, -0.1) is 5.10 Å². The van der Waals surface area contributed by atoms with E-state index in [0.29, 0.717) is 22.6 Å². The molecule has 0 unspecified atom stereocenters. The maximum Gasteiger partial charge on any atom is 0.308 e. The van der Waals surface area contributed by atoms with Crippen LogP contribution in [0.3, 0.4) is 0 Å². The molecule has 9 nitrogen and oxygen atoms in total. The largest absolute Gasteiger partial charge is 0.493 e. The molecule has 1 heterocycles. The van der Waals surface area contributed by atoms with Crippen molar-refractivity contribution in [2.45, 2.75) is 19.9 Å². The number of carbonyl (C=O) groups is 2. The summed E-state index contributed by atoms with van der Waals surface area (Å²) in [6.07, 6.45) is 1.46. The summed E-state index contributed by atoms with van der Waals surface area (Å²) < 4.78 is 11.8. The molecule has 1 amide bonds. The minimum atomic E-state index is -0.592. The number of rotatable bonds is 6. The Bertz CT molecular complexity index is 1040. The van der Waals surface area contributed by atoms with Gasteiger partial charge >= 0.3 is 5.97 Å². The molecule has 1 atom stereocenters. The van der Waals surface area contributed by atoms with Gasteiger partial charge in [0.05, 0.1) is 18.8 Å². The van der Waals surface area contributed by atoms with Gasteiger partial charge in [0.15, 0.2) is 11.5 Å². The fourth-order valence-corrected chi connectivity index (χ4v) is 2.55. The molecule has 0 aliphatic heterocycles. The van der Waals surface area contributed by atoms with Crippen molar-refractivity contribution >= 4 is 29.1 Å². The second kappa shape index (κ2) is 8.30. The standard InChI is InChI=1S/C19H19N5O4/c1-12(24-16-7-5-4-6-15(16)21-23-24)19(26)22-20-11-14-8-9-17(28-13(2)25)18(10-14)27-3/h4-12H,1-3H3,(H,22,26)/b20-11-/t12-/m1/s1. The minimum Gasteiger partial charge on any atom is -0.493 e. The van der Waals surface area contributed by atoms with Crippen LogP contribution in [0.5, 0.6) is 11.5 Å². The van der Waals surface area contributed by atoms with E-state index in [2.05, 4.69) is 20.8 Å². The third-order valence-electron chi connectivity index (χ3n) is 3.95. The number of carbonyl (C=O) groups excluding carboxylic acids is 2. The molecule has 0 saturated heterocycles. The Labute approximate surface area is 160 Å². The predicted molar refractivity (Wildman–Crippen MR) is 102 cm³/mol. The average molecular weight is 381 g/mol. The lowest BCUT2D eigenvalue weighted by Gasteiger charge is -2.10. The normalized spacial score (nSPS) is 12.1. The van der Waals surface area contributed by atoms with E-state index in [-0.39, 0.29) is 5.91 Å². The van der Waals surface area contributed by atoms with Gasteiger partial charge in [-0.3, -0.25) is 9.59 Å². The summed E-state index contributed by atoms with van der Waals surface area (Å²) in [6.45, 7) is 3.02. The molecule has 0 aliphatic carbocycles.